The van der Waals surface area contributed by atoms with Crippen LogP contribution in [-0.2, 0) is 4.79 Å². The second-order valence-electron chi connectivity index (χ2n) is 5.46. The standard InChI is InChI=1S/C18H22N2O.ClH/c1-13(2)16-11-7-8-14(3)18(16)20-17(21)12-19-15-9-5-4-6-10-15;/h4-11,13,19H,12H2,1-3H3,(H,20,21);1H. The summed E-state index contributed by atoms with van der Waals surface area (Å²) in [6, 6.07) is 15.8. The smallest absolute Gasteiger partial charge is 0.243 e. The Morgan fingerprint density at radius 1 is 1.05 bits per heavy atom. The van der Waals surface area contributed by atoms with E-state index in [0.717, 1.165) is 16.9 Å². The average molecular weight is 319 g/mol. The Kier molecular flexibility index (Phi) is 6.93. The fraction of sp³-hybridized carbons (Fsp3) is 0.278. The van der Waals surface area contributed by atoms with Gasteiger partial charge in [-0.3, -0.25) is 4.79 Å². The maximum absolute atomic E-state index is 12.1. The van der Waals surface area contributed by atoms with Crippen LogP contribution in [0.25, 0.3) is 0 Å². The molecule has 0 unspecified atom stereocenters. The SMILES string of the molecule is Cc1cccc(C(C)C)c1NC(=O)CNc1ccccc1.Cl. The van der Waals surface area contributed by atoms with Gasteiger partial charge in [-0.2, -0.15) is 0 Å². The van der Waals surface area contributed by atoms with Crippen LogP contribution in [0, 0.1) is 6.92 Å². The van der Waals surface area contributed by atoms with Crippen molar-refractivity contribution < 1.29 is 4.79 Å². The van der Waals surface area contributed by atoms with Crippen LogP contribution >= 0.6 is 12.4 Å². The molecule has 0 bridgehead atoms. The van der Waals surface area contributed by atoms with E-state index in [2.05, 4.69) is 30.5 Å². The monoisotopic (exact) mass is 318 g/mol. The van der Waals surface area contributed by atoms with Crippen LogP contribution < -0.4 is 10.6 Å². The van der Waals surface area contributed by atoms with E-state index in [-0.39, 0.29) is 24.9 Å². The Morgan fingerprint density at radius 3 is 2.36 bits per heavy atom. The number of halogens is 1. The molecule has 0 radical (unpaired) electrons. The molecule has 0 saturated carbocycles. The second-order valence-corrected chi connectivity index (χ2v) is 5.46. The van der Waals surface area contributed by atoms with Gasteiger partial charge in [-0.15, -0.1) is 12.4 Å². The number of aryl methyl sites for hydroxylation is 1. The normalized spacial score (nSPS) is 10.0. The van der Waals surface area contributed by atoms with E-state index in [4.69, 9.17) is 0 Å². The lowest BCUT2D eigenvalue weighted by atomic mass is 9.98. The van der Waals surface area contributed by atoms with Gasteiger partial charge in [-0.05, 0) is 36.1 Å². The fourth-order valence-corrected chi connectivity index (χ4v) is 2.26. The lowest BCUT2D eigenvalue weighted by molar-refractivity contribution is -0.114. The van der Waals surface area contributed by atoms with Gasteiger partial charge < -0.3 is 10.6 Å². The van der Waals surface area contributed by atoms with Crippen molar-refractivity contribution in [3.63, 3.8) is 0 Å². The summed E-state index contributed by atoms with van der Waals surface area (Å²) in [6.45, 7) is 6.54. The van der Waals surface area contributed by atoms with Crippen LogP contribution in [0.5, 0.6) is 0 Å². The molecular weight excluding hydrogens is 296 g/mol. The third-order valence-electron chi connectivity index (χ3n) is 3.42. The molecular formula is C18H23ClN2O. The molecule has 0 fully saturated rings. The van der Waals surface area contributed by atoms with Gasteiger partial charge >= 0.3 is 0 Å². The van der Waals surface area contributed by atoms with E-state index in [1.807, 2.05) is 49.4 Å². The molecule has 2 aromatic rings. The molecule has 2 aromatic carbocycles. The van der Waals surface area contributed by atoms with Crippen molar-refractivity contribution in [3.8, 4) is 0 Å². The van der Waals surface area contributed by atoms with Crippen molar-refractivity contribution in [2.75, 3.05) is 17.2 Å². The maximum atomic E-state index is 12.1. The summed E-state index contributed by atoms with van der Waals surface area (Å²) in [5, 5.41) is 6.15. The number of amides is 1. The topological polar surface area (TPSA) is 41.1 Å². The molecule has 0 aliphatic rings. The van der Waals surface area contributed by atoms with Gasteiger partial charge in [-0.25, -0.2) is 0 Å². The van der Waals surface area contributed by atoms with Gasteiger partial charge in [0.25, 0.3) is 0 Å². The Hall–Kier alpha value is -2.00. The van der Waals surface area contributed by atoms with Crippen LogP contribution in [0.2, 0.25) is 0 Å². The largest absolute Gasteiger partial charge is 0.376 e. The highest BCUT2D eigenvalue weighted by Gasteiger charge is 2.11. The van der Waals surface area contributed by atoms with Crippen LogP contribution in [0.1, 0.15) is 30.9 Å². The Bertz CT molecular complexity index is 612. The van der Waals surface area contributed by atoms with Crippen molar-refractivity contribution in [1.82, 2.24) is 0 Å². The van der Waals surface area contributed by atoms with Gasteiger partial charge in [-0.1, -0.05) is 50.2 Å². The minimum Gasteiger partial charge on any atom is -0.376 e. The molecule has 1 amide bonds. The summed E-state index contributed by atoms with van der Waals surface area (Å²) in [6.07, 6.45) is 0. The summed E-state index contributed by atoms with van der Waals surface area (Å²) in [4.78, 5) is 12.1. The summed E-state index contributed by atoms with van der Waals surface area (Å²) >= 11 is 0. The first kappa shape index (κ1) is 18.1. The lowest BCUT2D eigenvalue weighted by Crippen LogP contribution is -2.23. The number of hydrogen-bond donors (Lipinski definition) is 2. The van der Waals surface area contributed by atoms with E-state index in [9.17, 15) is 4.79 Å². The summed E-state index contributed by atoms with van der Waals surface area (Å²) in [5.41, 5.74) is 4.14. The molecule has 0 aromatic heterocycles. The third kappa shape index (κ3) is 4.78. The first-order valence-electron chi connectivity index (χ1n) is 7.26. The van der Waals surface area contributed by atoms with Gasteiger partial charge in [0.1, 0.15) is 0 Å². The molecule has 0 saturated heterocycles. The molecule has 0 heterocycles. The Labute approximate surface area is 138 Å². The molecule has 0 atom stereocenters. The Morgan fingerprint density at radius 2 is 1.73 bits per heavy atom. The molecule has 118 valence electrons. The minimum atomic E-state index is -0.0324. The van der Waals surface area contributed by atoms with E-state index >= 15 is 0 Å². The number of hydrogen-bond acceptors (Lipinski definition) is 2. The van der Waals surface area contributed by atoms with Crippen molar-refractivity contribution in [1.29, 1.82) is 0 Å². The zero-order valence-corrected chi connectivity index (χ0v) is 14.0. The molecule has 4 heteroatoms. The predicted octanol–water partition coefficient (Wildman–Crippen LogP) is 4.59. The van der Waals surface area contributed by atoms with Crippen LogP contribution in [0.4, 0.5) is 11.4 Å². The minimum absolute atomic E-state index is 0. The van der Waals surface area contributed by atoms with Gasteiger partial charge in [0.15, 0.2) is 0 Å². The van der Waals surface area contributed by atoms with Crippen molar-refractivity contribution in [2.45, 2.75) is 26.7 Å². The zero-order valence-electron chi connectivity index (χ0n) is 13.2. The van der Waals surface area contributed by atoms with Gasteiger partial charge in [0.2, 0.25) is 5.91 Å². The van der Waals surface area contributed by atoms with Crippen molar-refractivity contribution in [3.05, 3.63) is 59.7 Å². The quantitative estimate of drug-likeness (QED) is 0.846. The highest BCUT2D eigenvalue weighted by molar-refractivity contribution is 5.95. The van der Waals surface area contributed by atoms with Gasteiger partial charge in [0, 0.05) is 11.4 Å². The number of carbonyl (C=O) groups is 1. The van der Waals surface area contributed by atoms with E-state index < -0.39 is 0 Å². The number of carbonyl (C=O) groups excluding carboxylic acids is 1. The molecule has 22 heavy (non-hydrogen) atoms. The summed E-state index contributed by atoms with van der Waals surface area (Å²) in [7, 11) is 0. The molecule has 2 rings (SSSR count). The van der Waals surface area contributed by atoms with Crippen molar-refractivity contribution >= 4 is 29.7 Å². The number of rotatable bonds is 5. The second kappa shape index (κ2) is 8.44. The van der Waals surface area contributed by atoms with Crippen molar-refractivity contribution in [2.24, 2.45) is 0 Å². The van der Waals surface area contributed by atoms with E-state index in [1.165, 1.54) is 5.56 Å². The number of para-hydroxylation sites is 2. The van der Waals surface area contributed by atoms with E-state index in [1.54, 1.807) is 0 Å². The van der Waals surface area contributed by atoms with E-state index in [0.29, 0.717) is 5.92 Å². The zero-order chi connectivity index (χ0) is 15.2. The molecule has 3 nitrogen and oxygen atoms in total. The number of nitrogens with one attached hydrogen (secondary N) is 2. The average Bonchev–Trinajstić information content (AvgIpc) is 2.48. The third-order valence-corrected chi connectivity index (χ3v) is 3.42. The van der Waals surface area contributed by atoms with Crippen LogP contribution in [0.15, 0.2) is 48.5 Å². The highest BCUT2D eigenvalue weighted by atomic mass is 35.5. The summed E-state index contributed by atoms with van der Waals surface area (Å²) in [5.74, 6) is 0.345. The summed E-state index contributed by atoms with van der Waals surface area (Å²) < 4.78 is 0. The first-order chi connectivity index (χ1) is 10.1. The Balaban J connectivity index is 0.00000242. The lowest BCUT2D eigenvalue weighted by Gasteiger charge is -2.16. The predicted molar refractivity (Wildman–Crippen MR) is 96.1 cm³/mol. The highest BCUT2D eigenvalue weighted by Crippen LogP contribution is 2.27. The maximum Gasteiger partial charge on any atom is 0.243 e. The fourth-order valence-electron chi connectivity index (χ4n) is 2.26. The van der Waals surface area contributed by atoms with Crippen LogP contribution in [-0.4, -0.2) is 12.5 Å². The number of anilines is 2. The molecule has 2 N–H and O–H groups in total. The molecule has 0 spiro atoms. The first-order valence-corrected chi connectivity index (χ1v) is 7.26. The van der Waals surface area contributed by atoms with Gasteiger partial charge in [0.05, 0.1) is 6.54 Å². The molecule has 0 aliphatic carbocycles. The number of benzene rings is 2. The van der Waals surface area contributed by atoms with Crippen LogP contribution in [0.3, 0.4) is 0 Å². The molecule has 0 aliphatic heterocycles.